The van der Waals surface area contributed by atoms with Gasteiger partial charge in [-0.3, -0.25) is 0 Å². The Kier molecular flexibility index (Phi) is 4.46. The number of hydrogen-bond acceptors (Lipinski definition) is 2. The predicted octanol–water partition coefficient (Wildman–Crippen LogP) is 3.05. The third-order valence-corrected chi connectivity index (χ3v) is 4.54. The third-order valence-electron chi connectivity index (χ3n) is 1.90. The zero-order valence-electron chi connectivity index (χ0n) is 7.14. The number of hydrogen-bond donors (Lipinski definition) is 0. The highest BCUT2D eigenvalue weighted by atomic mass is 32.2. The second-order valence-electron chi connectivity index (χ2n) is 3.05. The Balaban J connectivity index is 2.28. The van der Waals surface area contributed by atoms with Gasteiger partial charge >= 0.3 is 0 Å². The summed E-state index contributed by atoms with van der Waals surface area (Å²) in [7, 11) is 0. The SMILES string of the molecule is C=C1CSCC(CC)CSC1. The van der Waals surface area contributed by atoms with Gasteiger partial charge in [0, 0.05) is 11.5 Å². The monoisotopic (exact) mass is 188 g/mol. The normalized spacial score (nSPS) is 22.8. The summed E-state index contributed by atoms with van der Waals surface area (Å²) in [6, 6.07) is 0. The van der Waals surface area contributed by atoms with Crippen LogP contribution >= 0.6 is 23.5 Å². The summed E-state index contributed by atoms with van der Waals surface area (Å²) in [6.45, 7) is 6.32. The second-order valence-corrected chi connectivity index (χ2v) is 5.12. The standard InChI is InChI=1S/C9H16S2/c1-3-9-6-10-4-8(2)5-11-7-9/h9H,2-7H2,1H3. The first-order chi connectivity index (χ1) is 5.33. The van der Waals surface area contributed by atoms with Gasteiger partial charge in [-0.15, -0.1) is 0 Å². The maximum Gasteiger partial charge on any atom is 0.0148 e. The van der Waals surface area contributed by atoms with E-state index in [1.807, 2.05) is 0 Å². The lowest BCUT2D eigenvalue weighted by Gasteiger charge is -2.18. The van der Waals surface area contributed by atoms with Crippen molar-refractivity contribution < 1.29 is 0 Å². The molecular formula is C9H16S2. The van der Waals surface area contributed by atoms with Crippen molar-refractivity contribution in [2.45, 2.75) is 13.3 Å². The van der Waals surface area contributed by atoms with E-state index in [0.717, 1.165) is 5.92 Å². The molecule has 0 N–H and O–H groups in total. The lowest BCUT2D eigenvalue weighted by molar-refractivity contribution is 0.647. The molecule has 0 bridgehead atoms. The lowest BCUT2D eigenvalue weighted by atomic mass is 10.2. The molecule has 0 unspecified atom stereocenters. The summed E-state index contributed by atoms with van der Waals surface area (Å²) in [5.74, 6) is 5.98. The Hall–Kier alpha value is 0.440. The Labute approximate surface area is 78.2 Å². The molecule has 0 aromatic carbocycles. The fraction of sp³-hybridized carbons (Fsp3) is 0.778. The molecule has 0 radical (unpaired) electrons. The van der Waals surface area contributed by atoms with Crippen LogP contribution in [0.15, 0.2) is 12.2 Å². The second kappa shape index (κ2) is 5.15. The van der Waals surface area contributed by atoms with Gasteiger partial charge in [0.05, 0.1) is 0 Å². The predicted molar refractivity (Wildman–Crippen MR) is 57.6 cm³/mol. The summed E-state index contributed by atoms with van der Waals surface area (Å²) in [5.41, 5.74) is 1.41. The van der Waals surface area contributed by atoms with Gasteiger partial charge in [-0.25, -0.2) is 0 Å². The first-order valence-electron chi connectivity index (χ1n) is 4.15. The molecule has 0 aliphatic carbocycles. The van der Waals surface area contributed by atoms with Gasteiger partial charge in [0.2, 0.25) is 0 Å². The van der Waals surface area contributed by atoms with Gasteiger partial charge in [0.15, 0.2) is 0 Å². The molecule has 0 saturated carbocycles. The van der Waals surface area contributed by atoms with Crippen molar-refractivity contribution in [3.63, 3.8) is 0 Å². The van der Waals surface area contributed by atoms with Crippen LogP contribution in [0.1, 0.15) is 13.3 Å². The van der Waals surface area contributed by atoms with Gasteiger partial charge in [-0.1, -0.05) is 25.5 Å². The van der Waals surface area contributed by atoms with Crippen molar-refractivity contribution in [3.05, 3.63) is 12.2 Å². The zero-order chi connectivity index (χ0) is 8.10. The minimum Gasteiger partial charge on any atom is -0.157 e. The molecule has 1 saturated heterocycles. The summed E-state index contributed by atoms with van der Waals surface area (Å²) in [4.78, 5) is 0. The molecule has 1 aliphatic heterocycles. The van der Waals surface area contributed by atoms with Crippen LogP contribution in [-0.2, 0) is 0 Å². The highest BCUT2D eigenvalue weighted by Crippen LogP contribution is 2.24. The van der Waals surface area contributed by atoms with Crippen molar-refractivity contribution in [1.82, 2.24) is 0 Å². The molecule has 64 valence electrons. The third kappa shape index (κ3) is 3.57. The first kappa shape index (κ1) is 9.53. The molecule has 0 aromatic rings. The first-order valence-corrected chi connectivity index (χ1v) is 6.46. The van der Waals surface area contributed by atoms with E-state index in [4.69, 9.17) is 0 Å². The summed E-state index contributed by atoms with van der Waals surface area (Å²) in [6.07, 6.45) is 1.34. The van der Waals surface area contributed by atoms with Gasteiger partial charge in [-0.05, 0) is 17.4 Å². The summed E-state index contributed by atoms with van der Waals surface area (Å²) < 4.78 is 0. The molecule has 11 heavy (non-hydrogen) atoms. The van der Waals surface area contributed by atoms with Crippen LogP contribution in [0, 0.1) is 5.92 Å². The fourth-order valence-corrected chi connectivity index (χ4v) is 3.73. The van der Waals surface area contributed by atoms with Gasteiger partial charge < -0.3 is 0 Å². The maximum atomic E-state index is 4.03. The van der Waals surface area contributed by atoms with Crippen LogP contribution in [0.25, 0.3) is 0 Å². The van der Waals surface area contributed by atoms with E-state index in [9.17, 15) is 0 Å². The molecule has 0 atom stereocenters. The quantitative estimate of drug-likeness (QED) is 0.580. The molecule has 1 rings (SSSR count). The molecule has 1 fully saturated rings. The van der Waals surface area contributed by atoms with Crippen LogP contribution in [0.2, 0.25) is 0 Å². The molecular weight excluding hydrogens is 172 g/mol. The van der Waals surface area contributed by atoms with E-state index >= 15 is 0 Å². The van der Waals surface area contributed by atoms with Crippen LogP contribution in [0.5, 0.6) is 0 Å². The van der Waals surface area contributed by atoms with Crippen molar-refractivity contribution in [2.24, 2.45) is 5.92 Å². The van der Waals surface area contributed by atoms with E-state index < -0.39 is 0 Å². The minimum absolute atomic E-state index is 0.943. The Morgan fingerprint density at radius 2 is 1.91 bits per heavy atom. The molecule has 0 nitrogen and oxygen atoms in total. The average molecular weight is 188 g/mol. The zero-order valence-corrected chi connectivity index (χ0v) is 8.77. The van der Waals surface area contributed by atoms with Crippen LogP contribution in [0.3, 0.4) is 0 Å². The number of rotatable bonds is 1. The topological polar surface area (TPSA) is 0 Å². The van der Waals surface area contributed by atoms with Gasteiger partial charge in [-0.2, -0.15) is 23.5 Å². The smallest absolute Gasteiger partial charge is 0.0148 e. The molecule has 2 heteroatoms. The Bertz CT molecular complexity index is 120. The van der Waals surface area contributed by atoms with Gasteiger partial charge in [0.1, 0.15) is 0 Å². The van der Waals surface area contributed by atoms with Crippen molar-refractivity contribution in [1.29, 1.82) is 0 Å². The van der Waals surface area contributed by atoms with E-state index in [0.29, 0.717) is 0 Å². The fourth-order valence-electron chi connectivity index (χ4n) is 1.07. The van der Waals surface area contributed by atoms with E-state index in [-0.39, 0.29) is 0 Å². The number of thioether (sulfide) groups is 2. The Morgan fingerprint density at radius 1 is 1.36 bits per heavy atom. The van der Waals surface area contributed by atoms with Crippen LogP contribution < -0.4 is 0 Å². The maximum absolute atomic E-state index is 4.03. The highest BCUT2D eigenvalue weighted by Gasteiger charge is 2.10. The van der Waals surface area contributed by atoms with Crippen LogP contribution in [-0.4, -0.2) is 23.0 Å². The van der Waals surface area contributed by atoms with E-state index in [1.165, 1.54) is 35.0 Å². The van der Waals surface area contributed by atoms with Crippen LogP contribution in [0.4, 0.5) is 0 Å². The van der Waals surface area contributed by atoms with E-state index in [2.05, 4.69) is 37.0 Å². The highest BCUT2D eigenvalue weighted by molar-refractivity contribution is 8.01. The molecule has 1 aliphatic rings. The van der Waals surface area contributed by atoms with Crippen molar-refractivity contribution in [2.75, 3.05) is 23.0 Å². The largest absolute Gasteiger partial charge is 0.157 e. The van der Waals surface area contributed by atoms with Crippen molar-refractivity contribution >= 4 is 23.5 Å². The Morgan fingerprint density at radius 3 is 2.36 bits per heavy atom. The molecule has 0 aromatic heterocycles. The summed E-state index contributed by atoms with van der Waals surface area (Å²) >= 11 is 4.11. The van der Waals surface area contributed by atoms with Gasteiger partial charge in [0.25, 0.3) is 0 Å². The van der Waals surface area contributed by atoms with E-state index in [1.54, 1.807) is 0 Å². The lowest BCUT2D eigenvalue weighted by Crippen LogP contribution is -2.10. The molecule has 0 spiro atoms. The summed E-state index contributed by atoms with van der Waals surface area (Å²) in [5, 5.41) is 0. The van der Waals surface area contributed by atoms with Crippen molar-refractivity contribution in [3.8, 4) is 0 Å². The minimum atomic E-state index is 0.943. The molecule has 1 heterocycles. The molecule has 0 amide bonds. The average Bonchev–Trinajstić information content (AvgIpc) is 1.96.